The normalized spacial score (nSPS) is 15.5. The van der Waals surface area contributed by atoms with E-state index in [1.165, 1.54) is 16.7 Å². The number of hydrogen-bond donors (Lipinski definition) is 2. The predicted octanol–water partition coefficient (Wildman–Crippen LogP) is 7.96. The van der Waals surface area contributed by atoms with Crippen LogP contribution in [0.25, 0.3) is 28.0 Å². The topological polar surface area (TPSA) is 73.1 Å². The molecule has 7 heteroatoms. The predicted molar refractivity (Wildman–Crippen MR) is 176 cm³/mol. The van der Waals surface area contributed by atoms with Gasteiger partial charge in [-0.3, -0.25) is 4.57 Å². The zero-order valence-corrected chi connectivity index (χ0v) is 25.2. The quantitative estimate of drug-likeness (QED) is 0.191. The molecule has 0 aliphatic carbocycles. The molecule has 3 heterocycles. The first-order valence-electron chi connectivity index (χ1n) is 15.1. The number of anilines is 2. The van der Waals surface area contributed by atoms with Gasteiger partial charge in [0.05, 0.1) is 22.5 Å². The van der Waals surface area contributed by atoms with Gasteiger partial charge < -0.3 is 15.5 Å². The van der Waals surface area contributed by atoms with E-state index in [1.807, 2.05) is 55.0 Å². The number of aromatic nitrogens is 3. The second-order valence-electron chi connectivity index (χ2n) is 11.7. The lowest BCUT2D eigenvalue weighted by molar-refractivity contribution is 0.0483. The van der Waals surface area contributed by atoms with Gasteiger partial charge in [0.25, 0.3) is 0 Å². The summed E-state index contributed by atoms with van der Waals surface area (Å²) in [6.07, 6.45) is 8.36. The highest BCUT2D eigenvalue weighted by Crippen LogP contribution is 2.43. The van der Waals surface area contributed by atoms with Crippen LogP contribution in [0.4, 0.5) is 11.4 Å². The van der Waals surface area contributed by atoms with Crippen molar-refractivity contribution in [3.8, 4) is 17.1 Å². The first kappa shape index (κ1) is 27.5. The van der Waals surface area contributed by atoms with Crippen LogP contribution in [0, 0.1) is 13.8 Å². The van der Waals surface area contributed by atoms with E-state index in [1.54, 1.807) is 16.9 Å². The van der Waals surface area contributed by atoms with Crippen LogP contribution in [0.1, 0.15) is 46.8 Å². The van der Waals surface area contributed by atoms with Crippen LogP contribution in [0.15, 0.2) is 110 Å². The van der Waals surface area contributed by atoms with E-state index >= 15 is 0 Å². The first-order chi connectivity index (χ1) is 21.4. The molecule has 0 spiro atoms. The molecule has 220 valence electrons. The Morgan fingerprint density at radius 3 is 2.52 bits per heavy atom. The molecule has 4 aromatic carbocycles. The molecule has 7 nitrogen and oxygen atoms in total. The lowest BCUT2D eigenvalue weighted by Gasteiger charge is -2.31. The number of hydrogen-bond acceptors (Lipinski definition) is 5. The molecule has 0 saturated heterocycles. The van der Waals surface area contributed by atoms with Gasteiger partial charge in [0.15, 0.2) is 0 Å². The fourth-order valence-electron chi connectivity index (χ4n) is 6.35. The molecule has 7 rings (SSSR count). The maximum absolute atomic E-state index is 12.8. The van der Waals surface area contributed by atoms with Crippen molar-refractivity contribution >= 4 is 28.2 Å². The fraction of sp³-hybridized carbons (Fsp3) is 0.189. The van der Waals surface area contributed by atoms with Crippen molar-refractivity contribution < 1.29 is 9.63 Å². The van der Waals surface area contributed by atoms with Crippen molar-refractivity contribution in [1.82, 2.24) is 14.3 Å². The number of carbonyl (C=O) groups is 1. The minimum Gasteiger partial charge on any atom is -0.361 e. The number of nitrogens with one attached hydrogen (secondary N) is 2. The van der Waals surface area contributed by atoms with Crippen LogP contribution in [0.3, 0.4) is 0 Å². The zero-order chi connectivity index (χ0) is 30.3. The van der Waals surface area contributed by atoms with E-state index in [4.69, 9.17) is 9.82 Å². The molecule has 1 aliphatic heterocycles. The van der Waals surface area contributed by atoms with Crippen LogP contribution in [0.5, 0.6) is 0 Å². The van der Waals surface area contributed by atoms with E-state index in [0.29, 0.717) is 5.56 Å². The van der Waals surface area contributed by atoms with Gasteiger partial charge in [0, 0.05) is 41.6 Å². The van der Waals surface area contributed by atoms with Gasteiger partial charge in [0.1, 0.15) is 11.5 Å². The van der Waals surface area contributed by atoms with Crippen LogP contribution < -0.4 is 15.5 Å². The Balaban J connectivity index is 1.19. The summed E-state index contributed by atoms with van der Waals surface area (Å²) >= 11 is 0. The molecular formula is C37H35N5O2. The summed E-state index contributed by atoms with van der Waals surface area (Å²) in [6.45, 7) is 6.46. The number of fused-ring (bicyclic) bond motifs is 2. The lowest BCUT2D eigenvalue weighted by Crippen LogP contribution is -2.44. The third-order valence-electron chi connectivity index (χ3n) is 8.43. The Hall–Kier alpha value is -5.30. The van der Waals surface area contributed by atoms with Crippen molar-refractivity contribution in [3.05, 3.63) is 132 Å². The largest absolute Gasteiger partial charge is 0.363 e. The summed E-state index contributed by atoms with van der Waals surface area (Å²) in [7, 11) is 0. The van der Waals surface area contributed by atoms with E-state index in [9.17, 15) is 4.79 Å². The molecule has 0 bridgehead atoms. The second kappa shape index (κ2) is 11.1. The van der Waals surface area contributed by atoms with Gasteiger partial charge in [-0.2, -0.15) is 4.73 Å². The Morgan fingerprint density at radius 2 is 1.73 bits per heavy atom. The highest BCUT2D eigenvalue weighted by Gasteiger charge is 2.37. The van der Waals surface area contributed by atoms with Gasteiger partial charge in [0.2, 0.25) is 0 Å². The summed E-state index contributed by atoms with van der Waals surface area (Å²) in [4.78, 5) is 23.3. The van der Waals surface area contributed by atoms with Crippen LogP contribution in [-0.4, -0.2) is 25.9 Å². The van der Waals surface area contributed by atoms with Crippen molar-refractivity contribution in [2.45, 2.75) is 45.7 Å². The Labute approximate surface area is 257 Å². The van der Waals surface area contributed by atoms with Crippen molar-refractivity contribution in [1.29, 1.82) is 0 Å². The Kier molecular flexibility index (Phi) is 6.93. The third-order valence-corrected chi connectivity index (χ3v) is 8.43. The average Bonchev–Trinajstić information content (AvgIpc) is 3.77. The maximum atomic E-state index is 12.8. The van der Waals surface area contributed by atoms with Gasteiger partial charge in [-0.15, -0.1) is 0 Å². The molecule has 1 atom stereocenters. The smallest absolute Gasteiger partial charge is 0.361 e. The summed E-state index contributed by atoms with van der Waals surface area (Å²) in [5, 5.41) is 8.83. The molecule has 0 fully saturated rings. The fourth-order valence-corrected chi connectivity index (χ4v) is 6.35. The average molecular weight is 582 g/mol. The standard InChI is InChI=1S/C37H35N5O2/c1-4-18-37(24-28-11-8-12-33-31(28)17-20-42(33)44-36(43)27-9-6-5-7-10-27)39-32-23-29(22-26(3)34(32)40-37)35-38-19-21-41(35)30-15-13-25(2)14-16-30/h5-17,19-23,39-40H,4,18,24H2,1-3H3. The Morgan fingerprint density at radius 1 is 0.909 bits per heavy atom. The molecule has 0 amide bonds. The van der Waals surface area contributed by atoms with Gasteiger partial charge in [-0.05, 0) is 79.9 Å². The molecule has 2 aromatic heterocycles. The summed E-state index contributed by atoms with van der Waals surface area (Å²) < 4.78 is 3.70. The number of carbonyl (C=O) groups excluding carboxylic acids is 1. The van der Waals surface area contributed by atoms with Crippen LogP contribution >= 0.6 is 0 Å². The van der Waals surface area contributed by atoms with Crippen molar-refractivity contribution in [2.24, 2.45) is 0 Å². The molecular weight excluding hydrogens is 546 g/mol. The minimum absolute atomic E-state index is 0.371. The van der Waals surface area contributed by atoms with E-state index < -0.39 is 0 Å². The molecule has 0 saturated carbocycles. The highest BCUT2D eigenvalue weighted by molar-refractivity contribution is 5.91. The number of benzene rings is 4. The summed E-state index contributed by atoms with van der Waals surface area (Å²) in [6, 6.07) is 30.2. The molecule has 0 radical (unpaired) electrons. The summed E-state index contributed by atoms with van der Waals surface area (Å²) in [5.41, 5.74) is 8.91. The highest BCUT2D eigenvalue weighted by atomic mass is 16.7. The Bertz CT molecular complexity index is 1970. The lowest BCUT2D eigenvalue weighted by atomic mass is 9.93. The number of rotatable bonds is 8. The SMILES string of the molecule is CCCC1(Cc2cccc3c2ccn3OC(=O)c2ccccc2)Nc2cc(-c3nccn3-c3ccc(C)cc3)cc(C)c2N1. The van der Waals surface area contributed by atoms with Crippen LogP contribution in [0.2, 0.25) is 0 Å². The third kappa shape index (κ3) is 5.00. The van der Waals surface area contributed by atoms with Gasteiger partial charge in [-0.1, -0.05) is 61.4 Å². The van der Waals surface area contributed by atoms with E-state index in [0.717, 1.165) is 58.6 Å². The number of aryl methyl sites for hydroxylation is 2. The minimum atomic E-state index is -0.389. The summed E-state index contributed by atoms with van der Waals surface area (Å²) in [5.74, 6) is 0.519. The van der Waals surface area contributed by atoms with Crippen LogP contribution in [-0.2, 0) is 6.42 Å². The van der Waals surface area contributed by atoms with E-state index in [2.05, 4.69) is 78.4 Å². The first-order valence-corrected chi connectivity index (χ1v) is 15.1. The molecule has 44 heavy (non-hydrogen) atoms. The zero-order valence-electron chi connectivity index (χ0n) is 25.2. The molecule has 2 N–H and O–H groups in total. The second-order valence-corrected chi connectivity index (χ2v) is 11.7. The van der Waals surface area contributed by atoms with E-state index in [-0.39, 0.29) is 11.6 Å². The maximum Gasteiger partial charge on any atom is 0.363 e. The van der Waals surface area contributed by atoms with Crippen molar-refractivity contribution in [3.63, 3.8) is 0 Å². The number of nitrogens with zero attached hydrogens (tertiary/aromatic N) is 3. The molecule has 6 aromatic rings. The molecule has 1 aliphatic rings. The van der Waals surface area contributed by atoms with Gasteiger partial charge in [-0.25, -0.2) is 9.78 Å². The van der Waals surface area contributed by atoms with Gasteiger partial charge >= 0.3 is 5.97 Å². The van der Waals surface area contributed by atoms with Crippen molar-refractivity contribution in [2.75, 3.05) is 10.6 Å². The number of imidazole rings is 1. The monoisotopic (exact) mass is 581 g/mol. The molecule has 1 unspecified atom stereocenters.